The van der Waals surface area contributed by atoms with Crippen molar-refractivity contribution in [3.63, 3.8) is 0 Å². The highest BCUT2D eigenvalue weighted by Crippen LogP contribution is 2.38. The number of carboxylic acids is 1. The molecule has 1 aromatic rings. The SMILES string of the molecule is CCOC(c1nc(C)c(CC(=O)O)s1)C(C)(C)C. The second-order valence-corrected chi connectivity index (χ2v) is 6.45. The molecule has 102 valence electrons. The summed E-state index contributed by atoms with van der Waals surface area (Å²) in [7, 11) is 0. The van der Waals surface area contributed by atoms with Gasteiger partial charge in [0.25, 0.3) is 0 Å². The lowest BCUT2D eigenvalue weighted by Gasteiger charge is -2.28. The lowest BCUT2D eigenvalue weighted by Crippen LogP contribution is -2.21. The van der Waals surface area contributed by atoms with Crippen LogP contribution in [0.4, 0.5) is 0 Å². The van der Waals surface area contributed by atoms with Crippen molar-refractivity contribution >= 4 is 17.3 Å². The summed E-state index contributed by atoms with van der Waals surface area (Å²) >= 11 is 1.45. The first-order valence-corrected chi connectivity index (χ1v) is 6.87. The molecule has 0 saturated carbocycles. The van der Waals surface area contributed by atoms with Gasteiger partial charge >= 0.3 is 5.97 Å². The average Bonchev–Trinajstić information content (AvgIpc) is 2.53. The van der Waals surface area contributed by atoms with E-state index in [9.17, 15) is 4.79 Å². The van der Waals surface area contributed by atoms with Crippen LogP contribution in [-0.4, -0.2) is 22.7 Å². The molecule has 0 aliphatic rings. The third-order valence-corrected chi connectivity index (χ3v) is 3.77. The summed E-state index contributed by atoms with van der Waals surface area (Å²) in [5.74, 6) is -0.822. The van der Waals surface area contributed by atoms with Crippen LogP contribution in [0, 0.1) is 12.3 Å². The largest absolute Gasteiger partial charge is 0.481 e. The maximum atomic E-state index is 10.8. The number of thiazole rings is 1. The van der Waals surface area contributed by atoms with Gasteiger partial charge in [-0.2, -0.15) is 0 Å². The number of hydrogen-bond acceptors (Lipinski definition) is 4. The fourth-order valence-corrected chi connectivity index (χ4v) is 3.08. The molecule has 0 aliphatic heterocycles. The van der Waals surface area contributed by atoms with E-state index < -0.39 is 5.97 Å². The van der Waals surface area contributed by atoms with Crippen LogP contribution >= 0.6 is 11.3 Å². The quantitative estimate of drug-likeness (QED) is 0.893. The molecule has 18 heavy (non-hydrogen) atoms. The predicted octanol–water partition coefficient (Wildman–Crippen LogP) is 3.20. The summed E-state index contributed by atoms with van der Waals surface area (Å²) in [5.41, 5.74) is 0.743. The Morgan fingerprint density at radius 1 is 1.50 bits per heavy atom. The minimum absolute atomic E-state index is 0.0342. The molecule has 0 amide bonds. The van der Waals surface area contributed by atoms with Crippen LogP contribution in [0.3, 0.4) is 0 Å². The van der Waals surface area contributed by atoms with Gasteiger partial charge in [-0.25, -0.2) is 4.98 Å². The number of rotatable bonds is 5. The van der Waals surface area contributed by atoms with Crippen molar-refractivity contribution in [2.75, 3.05) is 6.61 Å². The molecule has 0 fully saturated rings. The number of carbonyl (C=O) groups is 1. The number of aliphatic carboxylic acids is 1. The highest BCUT2D eigenvalue weighted by Gasteiger charge is 2.30. The van der Waals surface area contributed by atoms with Crippen LogP contribution < -0.4 is 0 Å². The summed E-state index contributed by atoms with van der Waals surface area (Å²) < 4.78 is 5.77. The lowest BCUT2D eigenvalue weighted by atomic mass is 9.89. The van der Waals surface area contributed by atoms with Crippen LogP contribution in [0.5, 0.6) is 0 Å². The van der Waals surface area contributed by atoms with Crippen molar-refractivity contribution in [3.05, 3.63) is 15.6 Å². The van der Waals surface area contributed by atoms with Crippen LogP contribution in [0.1, 0.15) is 49.4 Å². The molecule has 0 aromatic carbocycles. The van der Waals surface area contributed by atoms with Crippen LogP contribution in [-0.2, 0) is 16.0 Å². The molecule has 1 unspecified atom stereocenters. The summed E-state index contributed by atoms with van der Waals surface area (Å²) in [5, 5.41) is 9.72. The van der Waals surface area contributed by atoms with Crippen molar-refractivity contribution < 1.29 is 14.6 Å². The van der Waals surface area contributed by atoms with Gasteiger partial charge in [0.1, 0.15) is 11.1 Å². The van der Waals surface area contributed by atoms with E-state index in [1.807, 2.05) is 13.8 Å². The number of aromatic nitrogens is 1. The van der Waals surface area contributed by atoms with Crippen LogP contribution in [0.25, 0.3) is 0 Å². The zero-order chi connectivity index (χ0) is 13.9. The molecule has 0 spiro atoms. The number of hydrogen-bond donors (Lipinski definition) is 1. The molecule has 1 atom stereocenters. The van der Waals surface area contributed by atoms with Crippen LogP contribution in [0.2, 0.25) is 0 Å². The standard InChI is InChI=1S/C13H21NO3S/c1-6-17-11(13(3,4)5)12-14-8(2)9(18-12)7-10(15)16/h11H,6-7H2,1-5H3,(H,15,16). The van der Waals surface area contributed by atoms with E-state index in [4.69, 9.17) is 9.84 Å². The molecule has 5 heteroatoms. The van der Waals surface area contributed by atoms with Gasteiger partial charge in [-0.3, -0.25) is 4.79 Å². The van der Waals surface area contributed by atoms with E-state index in [2.05, 4.69) is 25.8 Å². The zero-order valence-electron chi connectivity index (χ0n) is 11.6. The Morgan fingerprint density at radius 3 is 2.56 bits per heavy atom. The Hall–Kier alpha value is -0.940. The Balaban J connectivity index is 3.03. The van der Waals surface area contributed by atoms with Crippen molar-refractivity contribution in [2.45, 2.75) is 47.1 Å². The second kappa shape index (κ2) is 5.80. The molecule has 1 heterocycles. The van der Waals surface area contributed by atoms with Crippen LogP contribution in [0.15, 0.2) is 0 Å². The smallest absolute Gasteiger partial charge is 0.308 e. The Kier molecular flexibility index (Phi) is 4.87. The fourth-order valence-electron chi connectivity index (χ4n) is 1.72. The zero-order valence-corrected chi connectivity index (χ0v) is 12.4. The van der Waals surface area contributed by atoms with E-state index in [0.717, 1.165) is 15.6 Å². The van der Waals surface area contributed by atoms with E-state index in [1.54, 1.807) is 0 Å². The number of nitrogens with zero attached hydrogens (tertiary/aromatic N) is 1. The molecule has 0 aliphatic carbocycles. The van der Waals surface area contributed by atoms with E-state index in [-0.39, 0.29) is 17.9 Å². The Morgan fingerprint density at radius 2 is 2.11 bits per heavy atom. The first-order valence-electron chi connectivity index (χ1n) is 6.05. The van der Waals surface area contributed by atoms with Gasteiger partial charge in [0.2, 0.25) is 0 Å². The molecule has 1 N–H and O–H groups in total. The monoisotopic (exact) mass is 271 g/mol. The molecule has 1 aromatic heterocycles. The number of aryl methyl sites for hydroxylation is 1. The average molecular weight is 271 g/mol. The Labute approximate surface area is 112 Å². The molecule has 0 saturated heterocycles. The topological polar surface area (TPSA) is 59.4 Å². The van der Waals surface area contributed by atoms with Gasteiger partial charge in [-0.15, -0.1) is 11.3 Å². The molecule has 4 nitrogen and oxygen atoms in total. The van der Waals surface area contributed by atoms with Crippen molar-refractivity contribution in [3.8, 4) is 0 Å². The molecular weight excluding hydrogens is 250 g/mol. The lowest BCUT2D eigenvalue weighted by molar-refractivity contribution is -0.136. The summed E-state index contributed by atoms with van der Waals surface area (Å²) in [6.07, 6.45) is -0.0549. The minimum Gasteiger partial charge on any atom is -0.481 e. The normalized spacial score (nSPS) is 13.6. The molecule has 1 rings (SSSR count). The molecule has 0 radical (unpaired) electrons. The summed E-state index contributed by atoms with van der Waals surface area (Å²) in [4.78, 5) is 16.1. The van der Waals surface area contributed by atoms with Crippen molar-refractivity contribution in [1.82, 2.24) is 4.98 Å². The highest BCUT2D eigenvalue weighted by atomic mass is 32.1. The van der Waals surface area contributed by atoms with E-state index in [1.165, 1.54) is 11.3 Å². The van der Waals surface area contributed by atoms with E-state index >= 15 is 0 Å². The predicted molar refractivity (Wildman–Crippen MR) is 72.0 cm³/mol. The molecule has 0 bridgehead atoms. The number of ether oxygens (including phenoxy) is 1. The van der Waals surface area contributed by atoms with Crippen molar-refractivity contribution in [2.24, 2.45) is 5.41 Å². The van der Waals surface area contributed by atoms with Gasteiger partial charge < -0.3 is 9.84 Å². The van der Waals surface area contributed by atoms with Gasteiger partial charge in [0.15, 0.2) is 0 Å². The Bertz CT molecular complexity index is 420. The minimum atomic E-state index is -0.822. The first-order chi connectivity index (χ1) is 8.25. The summed E-state index contributed by atoms with van der Waals surface area (Å²) in [6, 6.07) is 0. The fraction of sp³-hybridized carbons (Fsp3) is 0.692. The molecular formula is C13H21NO3S. The third-order valence-electron chi connectivity index (χ3n) is 2.57. The van der Waals surface area contributed by atoms with E-state index in [0.29, 0.717) is 6.61 Å². The maximum absolute atomic E-state index is 10.8. The maximum Gasteiger partial charge on any atom is 0.308 e. The van der Waals surface area contributed by atoms with Gasteiger partial charge in [-0.1, -0.05) is 20.8 Å². The van der Waals surface area contributed by atoms with Gasteiger partial charge in [-0.05, 0) is 19.3 Å². The highest BCUT2D eigenvalue weighted by molar-refractivity contribution is 7.11. The van der Waals surface area contributed by atoms with Gasteiger partial charge in [0, 0.05) is 11.5 Å². The summed E-state index contributed by atoms with van der Waals surface area (Å²) in [6.45, 7) is 10.7. The number of carboxylic acid groups (broad SMARTS) is 1. The first kappa shape index (κ1) is 15.1. The van der Waals surface area contributed by atoms with Gasteiger partial charge in [0.05, 0.1) is 12.1 Å². The second-order valence-electron chi connectivity index (χ2n) is 5.33. The third kappa shape index (κ3) is 3.78. The van der Waals surface area contributed by atoms with Crippen molar-refractivity contribution in [1.29, 1.82) is 0 Å².